The van der Waals surface area contributed by atoms with E-state index < -0.39 is 0 Å². The molecule has 0 saturated carbocycles. The molecule has 0 amide bonds. The second-order valence-electron chi connectivity index (χ2n) is 3.18. The number of aryl methyl sites for hydroxylation is 1. The van der Waals surface area contributed by atoms with Gasteiger partial charge in [0.05, 0.1) is 5.69 Å². The standard InChI is InChI=1S/C8H11ClN4/c1-6-7(9)10-8(12-11-6)13-4-2-3-5-13/h2-5H2,1H3. The van der Waals surface area contributed by atoms with Gasteiger partial charge >= 0.3 is 0 Å². The molecule has 13 heavy (non-hydrogen) atoms. The molecule has 0 N–H and O–H groups in total. The molecule has 70 valence electrons. The Bertz CT molecular complexity index is 309. The molecular formula is C8H11ClN4. The molecule has 0 unspecified atom stereocenters. The second-order valence-corrected chi connectivity index (χ2v) is 3.54. The van der Waals surface area contributed by atoms with Gasteiger partial charge in [0.15, 0.2) is 5.15 Å². The van der Waals surface area contributed by atoms with Crippen molar-refractivity contribution in [2.75, 3.05) is 18.0 Å². The lowest BCUT2D eigenvalue weighted by Crippen LogP contribution is -2.21. The summed E-state index contributed by atoms with van der Waals surface area (Å²) in [7, 11) is 0. The Kier molecular flexibility index (Phi) is 2.31. The van der Waals surface area contributed by atoms with Gasteiger partial charge in [-0.2, -0.15) is 4.98 Å². The number of aromatic nitrogens is 3. The van der Waals surface area contributed by atoms with Crippen molar-refractivity contribution in [3.05, 3.63) is 10.8 Å². The predicted molar refractivity (Wildman–Crippen MR) is 51.0 cm³/mol. The maximum absolute atomic E-state index is 5.85. The van der Waals surface area contributed by atoms with Crippen LogP contribution in [0.25, 0.3) is 0 Å². The zero-order chi connectivity index (χ0) is 9.26. The highest BCUT2D eigenvalue weighted by Crippen LogP contribution is 2.17. The van der Waals surface area contributed by atoms with E-state index in [1.165, 1.54) is 12.8 Å². The lowest BCUT2D eigenvalue weighted by molar-refractivity contribution is 0.835. The van der Waals surface area contributed by atoms with Gasteiger partial charge in [0.2, 0.25) is 5.95 Å². The largest absolute Gasteiger partial charge is 0.339 e. The Morgan fingerprint density at radius 3 is 2.54 bits per heavy atom. The van der Waals surface area contributed by atoms with E-state index in [0.29, 0.717) is 16.8 Å². The molecule has 1 saturated heterocycles. The second kappa shape index (κ2) is 3.46. The van der Waals surface area contributed by atoms with E-state index >= 15 is 0 Å². The Morgan fingerprint density at radius 2 is 1.92 bits per heavy atom. The first-order valence-corrected chi connectivity index (χ1v) is 4.77. The van der Waals surface area contributed by atoms with Gasteiger partial charge in [-0.3, -0.25) is 0 Å². The number of hydrogen-bond donors (Lipinski definition) is 0. The van der Waals surface area contributed by atoms with Gasteiger partial charge in [-0.15, -0.1) is 10.2 Å². The molecule has 0 aliphatic carbocycles. The van der Waals surface area contributed by atoms with Crippen LogP contribution in [0, 0.1) is 6.92 Å². The third kappa shape index (κ3) is 1.72. The molecule has 5 heteroatoms. The first-order chi connectivity index (χ1) is 6.27. The van der Waals surface area contributed by atoms with Crippen molar-refractivity contribution in [2.24, 2.45) is 0 Å². The van der Waals surface area contributed by atoms with Crippen LogP contribution >= 0.6 is 11.6 Å². The van der Waals surface area contributed by atoms with Crippen molar-refractivity contribution in [1.29, 1.82) is 0 Å². The maximum atomic E-state index is 5.85. The molecule has 4 nitrogen and oxygen atoms in total. The third-order valence-corrected chi connectivity index (χ3v) is 2.53. The quantitative estimate of drug-likeness (QED) is 0.685. The summed E-state index contributed by atoms with van der Waals surface area (Å²) >= 11 is 5.85. The van der Waals surface area contributed by atoms with Crippen molar-refractivity contribution in [3.8, 4) is 0 Å². The van der Waals surface area contributed by atoms with Crippen molar-refractivity contribution in [2.45, 2.75) is 19.8 Å². The van der Waals surface area contributed by atoms with Crippen LogP contribution in [0.3, 0.4) is 0 Å². The highest BCUT2D eigenvalue weighted by atomic mass is 35.5. The van der Waals surface area contributed by atoms with Crippen LogP contribution in [0.4, 0.5) is 5.95 Å². The van der Waals surface area contributed by atoms with Crippen LogP contribution in [-0.4, -0.2) is 28.3 Å². The summed E-state index contributed by atoms with van der Waals surface area (Å²) in [6.45, 7) is 3.83. The maximum Gasteiger partial charge on any atom is 0.246 e. The molecule has 2 heterocycles. The van der Waals surface area contributed by atoms with Gasteiger partial charge in [0, 0.05) is 13.1 Å². The van der Waals surface area contributed by atoms with E-state index in [4.69, 9.17) is 11.6 Å². The Balaban J connectivity index is 2.25. The minimum Gasteiger partial charge on any atom is -0.339 e. The van der Waals surface area contributed by atoms with Crippen LogP contribution in [0.1, 0.15) is 18.5 Å². The Labute approximate surface area is 81.9 Å². The smallest absolute Gasteiger partial charge is 0.246 e. The Hall–Kier alpha value is -0.900. The fraction of sp³-hybridized carbons (Fsp3) is 0.625. The zero-order valence-electron chi connectivity index (χ0n) is 7.50. The van der Waals surface area contributed by atoms with Crippen molar-refractivity contribution in [3.63, 3.8) is 0 Å². The van der Waals surface area contributed by atoms with E-state index in [0.717, 1.165) is 13.1 Å². The van der Waals surface area contributed by atoms with Crippen LogP contribution in [0.5, 0.6) is 0 Å². The number of hydrogen-bond acceptors (Lipinski definition) is 4. The van der Waals surface area contributed by atoms with Gasteiger partial charge in [-0.25, -0.2) is 0 Å². The highest BCUT2D eigenvalue weighted by Gasteiger charge is 2.15. The topological polar surface area (TPSA) is 41.9 Å². The average molecular weight is 199 g/mol. The molecule has 1 aromatic rings. The molecule has 0 spiro atoms. The van der Waals surface area contributed by atoms with Gasteiger partial charge < -0.3 is 4.90 Å². The number of anilines is 1. The molecule has 0 atom stereocenters. The number of rotatable bonds is 1. The highest BCUT2D eigenvalue weighted by molar-refractivity contribution is 6.30. The van der Waals surface area contributed by atoms with Crippen molar-refractivity contribution < 1.29 is 0 Å². The number of halogens is 1. The molecule has 1 aliphatic rings. The Morgan fingerprint density at radius 1 is 1.23 bits per heavy atom. The molecular weight excluding hydrogens is 188 g/mol. The fourth-order valence-corrected chi connectivity index (χ4v) is 1.52. The molecule has 2 rings (SSSR count). The van der Waals surface area contributed by atoms with Crippen LogP contribution in [-0.2, 0) is 0 Å². The molecule has 0 bridgehead atoms. The van der Waals surface area contributed by atoms with Crippen molar-refractivity contribution in [1.82, 2.24) is 15.2 Å². The first kappa shape index (κ1) is 8.69. The summed E-state index contributed by atoms with van der Waals surface area (Å²) in [5, 5.41) is 8.39. The lowest BCUT2D eigenvalue weighted by Gasteiger charge is -2.13. The molecule has 1 aliphatic heterocycles. The van der Waals surface area contributed by atoms with Gasteiger partial charge in [-0.1, -0.05) is 11.6 Å². The summed E-state index contributed by atoms with van der Waals surface area (Å²) in [5.74, 6) is 0.660. The summed E-state index contributed by atoms with van der Waals surface area (Å²) in [4.78, 5) is 6.28. The monoisotopic (exact) mass is 198 g/mol. The normalized spacial score (nSPS) is 16.6. The summed E-state index contributed by atoms with van der Waals surface area (Å²) in [5.41, 5.74) is 0.685. The third-order valence-electron chi connectivity index (χ3n) is 2.18. The average Bonchev–Trinajstić information content (AvgIpc) is 2.62. The van der Waals surface area contributed by atoms with Gasteiger partial charge in [-0.05, 0) is 19.8 Å². The molecule has 1 fully saturated rings. The molecule has 0 radical (unpaired) electrons. The summed E-state index contributed by atoms with van der Waals surface area (Å²) in [6, 6.07) is 0. The van der Waals surface area contributed by atoms with E-state index in [2.05, 4.69) is 20.1 Å². The molecule has 0 aromatic carbocycles. The first-order valence-electron chi connectivity index (χ1n) is 4.39. The predicted octanol–water partition coefficient (Wildman–Crippen LogP) is 1.43. The summed E-state index contributed by atoms with van der Waals surface area (Å²) < 4.78 is 0. The fourth-order valence-electron chi connectivity index (χ4n) is 1.40. The van der Waals surface area contributed by atoms with Gasteiger partial charge in [0.1, 0.15) is 0 Å². The van der Waals surface area contributed by atoms with E-state index in [1.54, 1.807) is 6.92 Å². The van der Waals surface area contributed by atoms with Crippen molar-refractivity contribution >= 4 is 17.5 Å². The van der Waals surface area contributed by atoms with E-state index in [-0.39, 0.29) is 0 Å². The van der Waals surface area contributed by atoms with Crippen LogP contribution in [0.2, 0.25) is 5.15 Å². The van der Waals surface area contributed by atoms with E-state index in [1.807, 2.05) is 0 Å². The van der Waals surface area contributed by atoms with Crippen LogP contribution in [0.15, 0.2) is 0 Å². The lowest BCUT2D eigenvalue weighted by atomic mass is 10.4. The SMILES string of the molecule is Cc1nnc(N2CCCC2)nc1Cl. The van der Waals surface area contributed by atoms with Gasteiger partial charge in [0.25, 0.3) is 0 Å². The molecule has 1 aromatic heterocycles. The summed E-state index contributed by atoms with van der Waals surface area (Å²) in [6.07, 6.45) is 2.41. The minimum absolute atomic E-state index is 0.455. The van der Waals surface area contributed by atoms with E-state index in [9.17, 15) is 0 Å². The minimum atomic E-state index is 0.455. The number of nitrogens with zero attached hydrogens (tertiary/aromatic N) is 4. The zero-order valence-corrected chi connectivity index (χ0v) is 8.25. The van der Waals surface area contributed by atoms with Crippen LogP contribution < -0.4 is 4.90 Å².